The summed E-state index contributed by atoms with van der Waals surface area (Å²) in [5, 5.41) is 3.85. The van der Waals surface area contributed by atoms with Crippen LogP contribution in [0.1, 0.15) is 12.0 Å². The zero-order valence-corrected chi connectivity index (χ0v) is 13.0. The summed E-state index contributed by atoms with van der Waals surface area (Å²) in [6.45, 7) is 0.427. The number of fused-ring (bicyclic) bond motifs is 1. The number of carbonyl (C=O) groups is 1. The van der Waals surface area contributed by atoms with E-state index in [-0.39, 0.29) is 29.8 Å². The van der Waals surface area contributed by atoms with Gasteiger partial charge in [0.1, 0.15) is 0 Å². The summed E-state index contributed by atoms with van der Waals surface area (Å²) in [4.78, 5) is 16.4. The molecule has 0 spiro atoms. The highest BCUT2D eigenvalue weighted by molar-refractivity contribution is 7.91. The molecule has 1 atom stereocenters. The van der Waals surface area contributed by atoms with Crippen LogP contribution in [0.25, 0.3) is 10.9 Å². The number of rotatable bonds is 4. The summed E-state index contributed by atoms with van der Waals surface area (Å²) in [5.41, 5.74) is 1.72. The Morgan fingerprint density at radius 1 is 1.27 bits per heavy atom. The fourth-order valence-electron chi connectivity index (χ4n) is 2.84. The van der Waals surface area contributed by atoms with Crippen molar-refractivity contribution in [1.29, 1.82) is 0 Å². The second-order valence-corrected chi connectivity index (χ2v) is 7.97. The number of benzene rings is 1. The molecule has 1 aliphatic rings. The van der Waals surface area contributed by atoms with Crippen molar-refractivity contribution < 1.29 is 13.2 Å². The molecule has 2 aromatic rings. The van der Waals surface area contributed by atoms with Crippen LogP contribution in [0.15, 0.2) is 36.5 Å². The Labute approximate surface area is 129 Å². The summed E-state index contributed by atoms with van der Waals surface area (Å²) < 4.78 is 22.8. The molecule has 22 heavy (non-hydrogen) atoms. The van der Waals surface area contributed by atoms with Crippen molar-refractivity contribution in [3.05, 3.63) is 42.1 Å². The molecule has 1 aliphatic heterocycles. The predicted octanol–water partition coefficient (Wildman–Crippen LogP) is 1.33. The van der Waals surface area contributed by atoms with E-state index < -0.39 is 9.84 Å². The van der Waals surface area contributed by atoms with E-state index in [1.165, 1.54) is 0 Å². The third kappa shape index (κ3) is 3.44. The van der Waals surface area contributed by atoms with Gasteiger partial charge < -0.3 is 5.32 Å². The van der Waals surface area contributed by atoms with Gasteiger partial charge in [-0.15, -0.1) is 0 Å². The number of para-hydroxylation sites is 1. The molecule has 5 nitrogen and oxygen atoms in total. The van der Waals surface area contributed by atoms with Crippen LogP contribution < -0.4 is 5.32 Å². The molecule has 1 aromatic heterocycles. The van der Waals surface area contributed by atoms with Crippen molar-refractivity contribution in [2.24, 2.45) is 5.92 Å². The molecular formula is C16H18N2O3S. The predicted molar refractivity (Wildman–Crippen MR) is 85.2 cm³/mol. The maximum absolute atomic E-state index is 12.1. The molecule has 6 heteroatoms. The standard InChI is InChI=1S/C16H18N2O3S/c19-15(18-10-12-6-8-22(20,21)11-12)9-14-4-1-3-13-5-2-7-17-16(13)14/h1-5,7,12H,6,8-11H2,(H,18,19)/t12-/m0/s1. The average molecular weight is 318 g/mol. The van der Waals surface area contributed by atoms with Crippen LogP contribution in [-0.2, 0) is 21.1 Å². The Balaban J connectivity index is 1.62. The molecule has 0 aliphatic carbocycles. The largest absolute Gasteiger partial charge is 0.356 e. The average Bonchev–Trinajstić information content (AvgIpc) is 2.85. The first-order valence-electron chi connectivity index (χ1n) is 7.33. The van der Waals surface area contributed by atoms with Gasteiger partial charge in [-0.3, -0.25) is 9.78 Å². The van der Waals surface area contributed by atoms with Gasteiger partial charge in [-0.2, -0.15) is 0 Å². The van der Waals surface area contributed by atoms with Crippen LogP contribution in [0.2, 0.25) is 0 Å². The Bertz CT molecular complexity index is 797. The lowest BCUT2D eigenvalue weighted by atomic mass is 10.1. The van der Waals surface area contributed by atoms with Crippen LogP contribution in [-0.4, -0.2) is 37.4 Å². The maximum Gasteiger partial charge on any atom is 0.224 e. The van der Waals surface area contributed by atoms with Crippen molar-refractivity contribution in [1.82, 2.24) is 10.3 Å². The molecule has 1 fully saturated rings. The molecule has 0 saturated carbocycles. The van der Waals surface area contributed by atoms with Crippen molar-refractivity contribution >= 4 is 26.6 Å². The minimum absolute atomic E-state index is 0.0413. The number of hydrogen-bond donors (Lipinski definition) is 1. The third-order valence-corrected chi connectivity index (χ3v) is 5.82. The van der Waals surface area contributed by atoms with E-state index >= 15 is 0 Å². The minimum Gasteiger partial charge on any atom is -0.356 e. The molecule has 1 saturated heterocycles. The number of pyridine rings is 1. The Kier molecular flexibility index (Phi) is 4.11. The smallest absolute Gasteiger partial charge is 0.224 e. The first-order chi connectivity index (χ1) is 10.5. The number of nitrogens with zero attached hydrogens (tertiary/aromatic N) is 1. The number of sulfone groups is 1. The summed E-state index contributed by atoms with van der Waals surface area (Å²) in [5.74, 6) is 0.367. The highest BCUT2D eigenvalue weighted by atomic mass is 32.2. The summed E-state index contributed by atoms with van der Waals surface area (Å²) >= 11 is 0. The van der Waals surface area contributed by atoms with Gasteiger partial charge in [0.2, 0.25) is 5.91 Å². The summed E-state index contributed by atoms with van der Waals surface area (Å²) in [6.07, 6.45) is 2.61. The molecule has 1 amide bonds. The first kappa shape index (κ1) is 15.0. The second kappa shape index (κ2) is 6.04. The van der Waals surface area contributed by atoms with Gasteiger partial charge >= 0.3 is 0 Å². The van der Waals surface area contributed by atoms with E-state index in [1.54, 1.807) is 6.20 Å². The van der Waals surface area contributed by atoms with E-state index in [1.807, 2.05) is 30.3 Å². The van der Waals surface area contributed by atoms with Crippen LogP contribution >= 0.6 is 0 Å². The van der Waals surface area contributed by atoms with Crippen LogP contribution in [0.4, 0.5) is 0 Å². The Morgan fingerprint density at radius 2 is 2.09 bits per heavy atom. The van der Waals surface area contributed by atoms with Crippen LogP contribution in [0, 0.1) is 5.92 Å². The highest BCUT2D eigenvalue weighted by Crippen LogP contribution is 2.18. The molecule has 1 N–H and O–H groups in total. The van der Waals surface area contributed by atoms with Gasteiger partial charge in [-0.05, 0) is 24.0 Å². The Hall–Kier alpha value is -1.95. The lowest BCUT2D eigenvalue weighted by Crippen LogP contribution is -2.31. The second-order valence-electron chi connectivity index (χ2n) is 5.74. The first-order valence-corrected chi connectivity index (χ1v) is 9.15. The molecule has 116 valence electrons. The number of hydrogen-bond acceptors (Lipinski definition) is 4. The minimum atomic E-state index is -2.89. The third-order valence-electron chi connectivity index (χ3n) is 3.98. The monoisotopic (exact) mass is 318 g/mol. The van der Waals surface area contributed by atoms with Gasteiger partial charge in [0.25, 0.3) is 0 Å². The van der Waals surface area contributed by atoms with E-state index in [0.717, 1.165) is 16.5 Å². The van der Waals surface area contributed by atoms with E-state index in [9.17, 15) is 13.2 Å². The summed E-state index contributed by atoms with van der Waals surface area (Å²) in [6, 6.07) is 9.61. The molecule has 0 unspecified atom stereocenters. The zero-order chi connectivity index (χ0) is 15.6. The van der Waals surface area contributed by atoms with E-state index in [2.05, 4.69) is 10.3 Å². The van der Waals surface area contributed by atoms with Gasteiger partial charge in [-0.1, -0.05) is 24.3 Å². The van der Waals surface area contributed by atoms with Crippen molar-refractivity contribution in [2.75, 3.05) is 18.1 Å². The van der Waals surface area contributed by atoms with Crippen LogP contribution in [0.5, 0.6) is 0 Å². The number of aromatic nitrogens is 1. The van der Waals surface area contributed by atoms with E-state index in [0.29, 0.717) is 13.0 Å². The molecule has 2 heterocycles. The molecule has 0 radical (unpaired) electrons. The van der Waals surface area contributed by atoms with Crippen molar-refractivity contribution in [3.8, 4) is 0 Å². The van der Waals surface area contributed by atoms with E-state index in [4.69, 9.17) is 0 Å². The van der Waals surface area contributed by atoms with Crippen molar-refractivity contribution in [2.45, 2.75) is 12.8 Å². The highest BCUT2D eigenvalue weighted by Gasteiger charge is 2.27. The maximum atomic E-state index is 12.1. The van der Waals surface area contributed by atoms with Crippen LogP contribution in [0.3, 0.4) is 0 Å². The van der Waals surface area contributed by atoms with Gasteiger partial charge in [0.05, 0.1) is 23.4 Å². The SMILES string of the molecule is O=C(Cc1cccc2cccnc12)NC[C@@H]1CCS(=O)(=O)C1. The van der Waals surface area contributed by atoms with Gasteiger partial charge in [0, 0.05) is 18.1 Å². The zero-order valence-electron chi connectivity index (χ0n) is 12.2. The number of carbonyl (C=O) groups excluding carboxylic acids is 1. The summed E-state index contributed by atoms with van der Waals surface area (Å²) in [7, 11) is -2.89. The Morgan fingerprint density at radius 3 is 2.86 bits per heavy atom. The normalized spacial score (nSPS) is 20.1. The van der Waals surface area contributed by atoms with Gasteiger partial charge in [-0.25, -0.2) is 8.42 Å². The fourth-order valence-corrected chi connectivity index (χ4v) is 4.70. The van der Waals surface area contributed by atoms with Gasteiger partial charge in [0.15, 0.2) is 9.84 Å². The number of nitrogens with one attached hydrogen (secondary N) is 1. The molecule has 0 bridgehead atoms. The quantitative estimate of drug-likeness (QED) is 0.922. The molecule has 3 rings (SSSR count). The lowest BCUT2D eigenvalue weighted by Gasteiger charge is -2.10. The lowest BCUT2D eigenvalue weighted by molar-refractivity contribution is -0.120. The topological polar surface area (TPSA) is 76.1 Å². The van der Waals surface area contributed by atoms with Crippen molar-refractivity contribution in [3.63, 3.8) is 0 Å². The molecule has 1 aromatic carbocycles. The number of amides is 1. The fraction of sp³-hybridized carbons (Fsp3) is 0.375. The molecular weight excluding hydrogens is 300 g/mol.